The molecular weight excluding hydrogens is 384 g/mol. The van der Waals surface area contributed by atoms with Crippen LogP contribution in [0.2, 0.25) is 0 Å². The second-order valence-corrected chi connectivity index (χ2v) is 9.03. The average molecular weight is 410 g/mol. The van der Waals surface area contributed by atoms with E-state index in [1.807, 2.05) is 0 Å². The number of carbonyl (C=O) groups is 2. The van der Waals surface area contributed by atoms with Crippen molar-refractivity contribution in [3.05, 3.63) is 24.5 Å². The molecule has 0 spiro atoms. The molecule has 0 saturated carbocycles. The van der Waals surface area contributed by atoms with E-state index in [0.717, 1.165) is 12.8 Å². The molecule has 3 heterocycles. The predicted molar refractivity (Wildman–Crippen MR) is 101 cm³/mol. The molecule has 9 nitrogen and oxygen atoms in total. The number of rotatable bonds is 6. The number of pyridine rings is 1. The summed E-state index contributed by atoms with van der Waals surface area (Å²) in [5.41, 5.74) is 0. The summed E-state index contributed by atoms with van der Waals surface area (Å²) in [4.78, 5) is 27.8. The lowest BCUT2D eigenvalue weighted by atomic mass is 9.98. The van der Waals surface area contributed by atoms with E-state index in [-0.39, 0.29) is 16.9 Å². The molecule has 28 heavy (non-hydrogen) atoms. The number of sulfonamides is 1. The Morgan fingerprint density at radius 1 is 1.14 bits per heavy atom. The molecule has 3 rings (SSSR count). The van der Waals surface area contributed by atoms with Gasteiger partial charge in [-0.05, 0) is 43.7 Å². The maximum atomic E-state index is 12.6. The monoisotopic (exact) mass is 410 g/mol. The largest absolute Gasteiger partial charge is 0.376 e. The summed E-state index contributed by atoms with van der Waals surface area (Å²) in [6.07, 6.45) is 5.98. The molecule has 1 atom stereocenters. The minimum Gasteiger partial charge on any atom is -0.376 e. The molecule has 2 amide bonds. The number of hydrogen-bond acceptors (Lipinski definition) is 6. The third-order valence-corrected chi connectivity index (χ3v) is 7.00. The molecule has 0 aliphatic carbocycles. The number of ether oxygens (including phenoxy) is 1. The Kier molecular flexibility index (Phi) is 6.97. The van der Waals surface area contributed by atoms with E-state index in [1.54, 1.807) is 6.07 Å². The van der Waals surface area contributed by atoms with Crippen molar-refractivity contribution in [3.8, 4) is 0 Å². The Hall–Kier alpha value is -2.04. The van der Waals surface area contributed by atoms with Crippen molar-refractivity contribution in [2.45, 2.75) is 36.7 Å². The fourth-order valence-electron chi connectivity index (χ4n) is 3.41. The van der Waals surface area contributed by atoms with E-state index in [9.17, 15) is 18.0 Å². The smallest absolute Gasteiger partial charge is 0.309 e. The number of nitrogens with zero attached hydrogens (tertiary/aromatic N) is 2. The van der Waals surface area contributed by atoms with Crippen molar-refractivity contribution < 1.29 is 22.7 Å². The number of piperidine rings is 1. The summed E-state index contributed by atoms with van der Waals surface area (Å²) < 4.78 is 32.0. The number of amides is 2. The topological polar surface area (TPSA) is 118 Å². The minimum atomic E-state index is -3.54. The highest BCUT2D eigenvalue weighted by Gasteiger charge is 2.30. The van der Waals surface area contributed by atoms with Gasteiger partial charge in [0.2, 0.25) is 10.0 Å². The number of carbonyl (C=O) groups excluding carboxylic acids is 2. The summed E-state index contributed by atoms with van der Waals surface area (Å²) >= 11 is 0. The van der Waals surface area contributed by atoms with Crippen molar-refractivity contribution >= 4 is 21.8 Å². The summed E-state index contributed by atoms with van der Waals surface area (Å²) in [5, 5.41) is 5.23. The Labute approximate surface area is 164 Å². The molecule has 2 aliphatic heterocycles. The third-order valence-electron chi connectivity index (χ3n) is 5.12. The van der Waals surface area contributed by atoms with Crippen LogP contribution in [-0.2, 0) is 24.3 Å². The van der Waals surface area contributed by atoms with Gasteiger partial charge in [0, 0.05) is 45.2 Å². The first kappa shape index (κ1) is 20.7. The quantitative estimate of drug-likeness (QED) is 0.632. The van der Waals surface area contributed by atoms with Gasteiger partial charge in [0.15, 0.2) is 0 Å². The molecule has 1 aromatic rings. The lowest BCUT2D eigenvalue weighted by Gasteiger charge is -2.31. The molecule has 0 aromatic carbocycles. The van der Waals surface area contributed by atoms with Crippen LogP contribution in [0.25, 0.3) is 0 Å². The molecule has 2 saturated heterocycles. The predicted octanol–water partition coefficient (Wildman–Crippen LogP) is -0.106. The fraction of sp³-hybridized carbons (Fsp3) is 0.611. The molecule has 0 radical (unpaired) electrons. The molecule has 2 N–H and O–H groups in total. The summed E-state index contributed by atoms with van der Waals surface area (Å²) in [6.45, 7) is 2.15. The highest BCUT2D eigenvalue weighted by atomic mass is 32.2. The van der Waals surface area contributed by atoms with Gasteiger partial charge in [0.1, 0.15) is 4.90 Å². The van der Waals surface area contributed by atoms with Crippen molar-refractivity contribution in [3.63, 3.8) is 0 Å². The van der Waals surface area contributed by atoms with Gasteiger partial charge in [-0.2, -0.15) is 4.31 Å². The first-order valence-corrected chi connectivity index (χ1v) is 11.0. The lowest BCUT2D eigenvalue weighted by Crippen LogP contribution is -2.45. The Bertz CT molecular complexity index is 772. The van der Waals surface area contributed by atoms with Crippen molar-refractivity contribution in [2.75, 3.05) is 32.8 Å². The van der Waals surface area contributed by atoms with Gasteiger partial charge < -0.3 is 15.4 Å². The Morgan fingerprint density at radius 3 is 2.46 bits per heavy atom. The Morgan fingerprint density at radius 2 is 1.86 bits per heavy atom. The van der Waals surface area contributed by atoms with Gasteiger partial charge in [0.05, 0.1) is 6.10 Å². The van der Waals surface area contributed by atoms with E-state index in [1.165, 1.54) is 22.8 Å². The molecule has 2 aliphatic rings. The van der Waals surface area contributed by atoms with Gasteiger partial charge in [-0.15, -0.1) is 0 Å². The van der Waals surface area contributed by atoms with Crippen molar-refractivity contribution in [1.29, 1.82) is 0 Å². The highest BCUT2D eigenvalue weighted by molar-refractivity contribution is 7.89. The zero-order chi connectivity index (χ0) is 20.0. The SMILES string of the molecule is O=C(NCC1CCN(S(=O)(=O)c2cccnc2)CC1)C(=O)NCC1CCCO1. The zero-order valence-electron chi connectivity index (χ0n) is 15.7. The van der Waals surface area contributed by atoms with Crippen molar-refractivity contribution in [1.82, 2.24) is 19.9 Å². The second kappa shape index (κ2) is 9.44. The van der Waals surface area contributed by atoms with Crippen LogP contribution < -0.4 is 10.6 Å². The standard InChI is InChI=1S/C18H26N4O5S/c23-17(18(24)21-12-15-3-2-10-27-15)20-11-14-5-8-22(9-6-14)28(25,26)16-4-1-7-19-13-16/h1,4,7,13-15H,2-3,5-6,8-12H2,(H,20,23)(H,21,24). The van der Waals surface area contributed by atoms with Gasteiger partial charge in [-0.25, -0.2) is 8.42 Å². The van der Waals surface area contributed by atoms with E-state index < -0.39 is 21.8 Å². The maximum Gasteiger partial charge on any atom is 0.309 e. The van der Waals surface area contributed by atoms with Crippen LogP contribution >= 0.6 is 0 Å². The van der Waals surface area contributed by atoms with Crippen LogP contribution in [0.3, 0.4) is 0 Å². The highest BCUT2D eigenvalue weighted by Crippen LogP contribution is 2.23. The molecule has 1 unspecified atom stereocenters. The zero-order valence-corrected chi connectivity index (χ0v) is 16.5. The third kappa shape index (κ3) is 5.27. The normalized spacial score (nSPS) is 21.4. The average Bonchev–Trinajstić information content (AvgIpc) is 3.25. The van der Waals surface area contributed by atoms with E-state index in [0.29, 0.717) is 45.6 Å². The van der Waals surface area contributed by atoms with E-state index in [2.05, 4.69) is 15.6 Å². The second-order valence-electron chi connectivity index (χ2n) is 7.09. The molecule has 10 heteroatoms. The molecular formula is C18H26N4O5S. The van der Waals surface area contributed by atoms with Crippen LogP contribution in [0.5, 0.6) is 0 Å². The number of aromatic nitrogens is 1. The first-order chi connectivity index (χ1) is 13.5. The van der Waals surface area contributed by atoms with Crippen LogP contribution in [0.4, 0.5) is 0 Å². The first-order valence-electron chi connectivity index (χ1n) is 9.54. The van der Waals surface area contributed by atoms with E-state index in [4.69, 9.17) is 4.74 Å². The summed E-state index contributed by atoms with van der Waals surface area (Å²) in [7, 11) is -3.54. The van der Waals surface area contributed by atoms with Gasteiger partial charge in [-0.3, -0.25) is 14.6 Å². The Balaban J connectivity index is 1.39. The number of nitrogens with one attached hydrogen (secondary N) is 2. The lowest BCUT2D eigenvalue weighted by molar-refractivity contribution is -0.139. The van der Waals surface area contributed by atoms with Crippen LogP contribution in [0.15, 0.2) is 29.4 Å². The molecule has 2 fully saturated rings. The minimum absolute atomic E-state index is 0.0113. The van der Waals surface area contributed by atoms with Crippen LogP contribution in [-0.4, -0.2) is 68.4 Å². The van der Waals surface area contributed by atoms with E-state index >= 15 is 0 Å². The van der Waals surface area contributed by atoms with Gasteiger partial charge in [-0.1, -0.05) is 0 Å². The maximum absolute atomic E-state index is 12.6. The van der Waals surface area contributed by atoms with Gasteiger partial charge >= 0.3 is 11.8 Å². The molecule has 154 valence electrons. The molecule has 1 aromatic heterocycles. The van der Waals surface area contributed by atoms with Crippen LogP contribution in [0, 0.1) is 5.92 Å². The summed E-state index contributed by atoms with van der Waals surface area (Å²) in [6, 6.07) is 3.13. The summed E-state index contributed by atoms with van der Waals surface area (Å²) in [5.74, 6) is -1.19. The van der Waals surface area contributed by atoms with Crippen molar-refractivity contribution in [2.24, 2.45) is 5.92 Å². The fourth-order valence-corrected chi connectivity index (χ4v) is 4.85. The number of hydrogen-bond donors (Lipinski definition) is 2. The molecule has 0 bridgehead atoms. The van der Waals surface area contributed by atoms with Crippen LogP contribution in [0.1, 0.15) is 25.7 Å². The van der Waals surface area contributed by atoms with Gasteiger partial charge in [0.25, 0.3) is 0 Å².